The van der Waals surface area contributed by atoms with Gasteiger partial charge in [-0.2, -0.15) is 0 Å². The summed E-state index contributed by atoms with van der Waals surface area (Å²) in [6.45, 7) is 0.815. The van der Waals surface area contributed by atoms with Gasteiger partial charge in [-0.25, -0.2) is 4.79 Å². The highest BCUT2D eigenvalue weighted by atomic mass is 79.9. The number of hydrogen-bond donors (Lipinski definition) is 2. The molecule has 0 fully saturated rings. The average molecular weight is 273 g/mol. The van der Waals surface area contributed by atoms with Gasteiger partial charge in [-0.15, -0.1) is 0 Å². The van der Waals surface area contributed by atoms with E-state index in [2.05, 4.69) is 21.2 Å². The average Bonchev–Trinajstić information content (AvgIpc) is 2.27. The van der Waals surface area contributed by atoms with Crippen molar-refractivity contribution in [3.8, 4) is 5.75 Å². The molecule has 15 heavy (non-hydrogen) atoms. The molecule has 0 spiro atoms. The minimum Gasteiger partial charge on any atom is -0.410 e. The van der Waals surface area contributed by atoms with Crippen molar-refractivity contribution in [3.05, 3.63) is 29.8 Å². The van der Waals surface area contributed by atoms with Crippen molar-refractivity contribution in [1.29, 1.82) is 0 Å². The van der Waals surface area contributed by atoms with Gasteiger partial charge < -0.3 is 15.8 Å². The fourth-order valence-corrected chi connectivity index (χ4v) is 1.34. The fourth-order valence-electron chi connectivity index (χ4n) is 0.964. The molecule has 0 unspecified atom stereocenters. The molecular weight excluding hydrogens is 260 g/mol. The van der Waals surface area contributed by atoms with Gasteiger partial charge >= 0.3 is 6.09 Å². The molecule has 0 aromatic heterocycles. The van der Waals surface area contributed by atoms with Gasteiger partial charge in [0.1, 0.15) is 5.75 Å². The van der Waals surface area contributed by atoms with Crippen molar-refractivity contribution in [2.75, 3.05) is 13.1 Å². The number of rotatable bonds is 4. The number of nitrogens with two attached hydrogens (primary N) is 1. The largest absolute Gasteiger partial charge is 0.412 e. The highest BCUT2D eigenvalue weighted by molar-refractivity contribution is 9.08. The molecule has 0 aliphatic heterocycles. The van der Waals surface area contributed by atoms with Crippen LogP contribution in [0.2, 0.25) is 0 Å². The number of carbonyl (C=O) groups excluding carboxylic acids is 1. The van der Waals surface area contributed by atoms with Crippen LogP contribution in [0.25, 0.3) is 0 Å². The topological polar surface area (TPSA) is 64.3 Å². The molecule has 82 valence electrons. The molecule has 0 atom stereocenters. The van der Waals surface area contributed by atoms with E-state index in [9.17, 15) is 4.79 Å². The lowest BCUT2D eigenvalue weighted by molar-refractivity contribution is 0.201. The number of carbonyl (C=O) groups is 1. The van der Waals surface area contributed by atoms with Crippen LogP contribution in [-0.2, 0) is 5.33 Å². The molecule has 0 radical (unpaired) electrons. The summed E-state index contributed by atoms with van der Waals surface area (Å²) in [4.78, 5) is 11.1. The Hall–Kier alpha value is -1.07. The van der Waals surface area contributed by atoms with Gasteiger partial charge in [-0.05, 0) is 17.7 Å². The zero-order valence-corrected chi connectivity index (χ0v) is 9.79. The van der Waals surface area contributed by atoms with E-state index >= 15 is 0 Å². The molecule has 5 heteroatoms. The minimum absolute atomic E-state index is 0.400. The lowest BCUT2D eigenvalue weighted by Crippen LogP contribution is -2.31. The molecule has 1 aromatic carbocycles. The second-order valence-corrected chi connectivity index (χ2v) is 3.44. The maximum Gasteiger partial charge on any atom is 0.412 e. The summed E-state index contributed by atoms with van der Waals surface area (Å²) in [6.07, 6.45) is -0.480. The van der Waals surface area contributed by atoms with Crippen LogP contribution in [0, 0.1) is 0 Å². The lowest BCUT2D eigenvalue weighted by Gasteiger charge is -2.05. The second kappa shape index (κ2) is 6.42. The van der Waals surface area contributed by atoms with E-state index in [1.165, 1.54) is 0 Å². The Morgan fingerprint density at radius 1 is 1.40 bits per heavy atom. The number of alkyl halides is 1. The highest BCUT2D eigenvalue weighted by Crippen LogP contribution is 2.13. The van der Waals surface area contributed by atoms with Crippen molar-refractivity contribution in [2.24, 2.45) is 5.73 Å². The first-order valence-corrected chi connectivity index (χ1v) is 5.69. The number of ether oxygens (including phenoxy) is 1. The lowest BCUT2D eigenvalue weighted by atomic mass is 10.2. The van der Waals surface area contributed by atoms with Gasteiger partial charge in [0.05, 0.1) is 0 Å². The maximum atomic E-state index is 11.1. The first-order valence-electron chi connectivity index (χ1n) is 4.57. The SMILES string of the molecule is NCCNC(=O)Oc1ccc(CBr)cc1. The van der Waals surface area contributed by atoms with Crippen LogP contribution in [-0.4, -0.2) is 19.2 Å². The van der Waals surface area contributed by atoms with E-state index in [0.29, 0.717) is 18.8 Å². The minimum atomic E-state index is -0.480. The summed E-state index contributed by atoms with van der Waals surface area (Å²) >= 11 is 3.33. The van der Waals surface area contributed by atoms with Gasteiger partial charge in [0, 0.05) is 18.4 Å². The number of nitrogens with one attached hydrogen (secondary N) is 1. The molecule has 1 aromatic rings. The third-order valence-electron chi connectivity index (χ3n) is 1.70. The molecule has 0 heterocycles. The number of benzene rings is 1. The normalized spacial score (nSPS) is 9.73. The standard InChI is InChI=1S/C10H13BrN2O2/c11-7-8-1-3-9(4-2-8)15-10(14)13-6-5-12/h1-4H,5-7,12H2,(H,13,14). The van der Waals surface area contributed by atoms with Crippen molar-refractivity contribution >= 4 is 22.0 Å². The van der Waals surface area contributed by atoms with E-state index in [-0.39, 0.29) is 0 Å². The first kappa shape index (κ1) is 12.0. The third-order valence-corrected chi connectivity index (χ3v) is 2.35. The zero-order chi connectivity index (χ0) is 11.1. The molecule has 1 rings (SSSR count). The number of halogens is 1. The van der Waals surface area contributed by atoms with Crippen LogP contribution in [0.1, 0.15) is 5.56 Å². The van der Waals surface area contributed by atoms with Gasteiger partial charge in [0.25, 0.3) is 0 Å². The molecule has 0 saturated heterocycles. The molecule has 1 amide bonds. The maximum absolute atomic E-state index is 11.1. The molecule has 0 aliphatic rings. The molecule has 4 nitrogen and oxygen atoms in total. The monoisotopic (exact) mass is 272 g/mol. The summed E-state index contributed by atoms with van der Waals surface area (Å²) in [5, 5.41) is 3.30. The summed E-state index contributed by atoms with van der Waals surface area (Å²) in [7, 11) is 0. The van der Waals surface area contributed by atoms with Crippen molar-refractivity contribution in [3.63, 3.8) is 0 Å². The van der Waals surface area contributed by atoms with Crippen LogP contribution >= 0.6 is 15.9 Å². The van der Waals surface area contributed by atoms with Crippen molar-refractivity contribution in [2.45, 2.75) is 5.33 Å². The van der Waals surface area contributed by atoms with Crippen molar-refractivity contribution < 1.29 is 9.53 Å². The van der Waals surface area contributed by atoms with Crippen LogP contribution in [0.3, 0.4) is 0 Å². The van der Waals surface area contributed by atoms with Gasteiger partial charge in [0.2, 0.25) is 0 Å². The number of amides is 1. The summed E-state index contributed by atoms with van der Waals surface area (Å²) in [5.74, 6) is 0.522. The molecular formula is C10H13BrN2O2. The van der Waals surface area contributed by atoms with Crippen LogP contribution in [0.5, 0.6) is 5.75 Å². The molecule has 3 N–H and O–H groups in total. The smallest absolute Gasteiger partial charge is 0.410 e. The Morgan fingerprint density at radius 3 is 2.60 bits per heavy atom. The van der Waals surface area contributed by atoms with E-state index < -0.39 is 6.09 Å². The van der Waals surface area contributed by atoms with Gasteiger partial charge in [-0.3, -0.25) is 0 Å². The van der Waals surface area contributed by atoms with Crippen LogP contribution < -0.4 is 15.8 Å². The predicted octanol–water partition coefficient (Wildman–Crippen LogP) is 1.63. The van der Waals surface area contributed by atoms with E-state index in [4.69, 9.17) is 10.5 Å². The highest BCUT2D eigenvalue weighted by Gasteiger charge is 2.02. The Balaban J connectivity index is 2.46. The van der Waals surface area contributed by atoms with Crippen LogP contribution in [0.15, 0.2) is 24.3 Å². The molecule has 0 bridgehead atoms. The fraction of sp³-hybridized carbons (Fsp3) is 0.300. The zero-order valence-electron chi connectivity index (χ0n) is 8.20. The Bertz CT molecular complexity index is 314. The predicted molar refractivity (Wildman–Crippen MR) is 62.2 cm³/mol. The van der Waals surface area contributed by atoms with Crippen molar-refractivity contribution in [1.82, 2.24) is 5.32 Å². The van der Waals surface area contributed by atoms with Gasteiger partial charge in [0.15, 0.2) is 0 Å². The summed E-state index contributed by atoms with van der Waals surface area (Å²) in [6, 6.07) is 7.28. The molecule has 0 saturated carbocycles. The van der Waals surface area contributed by atoms with E-state index in [1.54, 1.807) is 12.1 Å². The van der Waals surface area contributed by atoms with Gasteiger partial charge in [-0.1, -0.05) is 28.1 Å². The summed E-state index contributed by atoms with van der Waals surface area (Å²) < 4.78 is 5.00. The summed E-state index contributed by atoms with van der Waals surface area (Å²) in [5.41, 5.74) is 6.36. The van der Waals surface area contributed by atoms with E-state index in [1.807, 2.05) is 12.1 Å². The Kier molecular flexibility index (Phi) is 5.14. The second-order valence-electron chi connectivity index (χ2n) is 2.88. The first-order chi connectivity index (χ1) is 7.26. The van der Waals surface area contributed by atoms with Crippen LogP contribution in [0.4, 0.5) is 4.79 Å². The van der Waals surface area contributed by atoms with E-state index in [0.717, 1.165) is 10.9 Å². The Morgan fingerprint density at radius 2 is 2.07 bits per heavy atom. The quantitative estimate of drug-likeness (QED) is 0.819. The molecule has 0 aliphatic carbocycles. The Labute approximate surface area is 96.9 Å². The third kappa shape index (κ3) is 4.31. The number of hydrogen-bond acceptors (Lipinski definition) is 3.